The second-order valence-electron chi connectivity index (χ2n) is 3.86. The lowest BCUT2D eigenvalue weighted by Crippen LogP contribution is -2.22. The van der Waals surface area contributed by atoms with Gasteiger partial charge in [-0.1, -0.05) is 15.9 Å². The molecule has 0 bridgehead atoms. The van der Waals surface area contributed by atoms with Crippen LogP contribution in [-0.2, 0) is 0 Å². The summed E-state index contributed by atoms with van der Waals surface area (Å²) >= 11 is 3.28. The van der Waals surface area contributed by atoms with Crippen LogP contribution in [0.25, 0.3) is 0 Å². The highest BCUT2D eigenvalue weighted by Crippen LogP contribution is 2.27. The van der Waals surface area contributed by atoms with Gasteiger partial charge in [0.2, 0.25) is 0 Å². The van der Waals surface area contributed by atoms with Gasteiger partial charge in [0.25, 0.3) is 0 Å². The van der Waals surface area contributed by atoms with Gasteiger partial charge in [0, 0.05) is 10.5 Å². The number of ether oxygens (including phenoxy) is 1. The Labute approximate surface area is 86.7 Å². The van der Waals surface area contributed by atoms with Crippen LogP contribution in [0.5, 0.6) is 11.5 Å². The number of hydrogen-bond acceptors (Lipinski definition) is 2. The Morgan fingerprint density at radius 3 is 2.31 bits per heavy atom. The molecule has 0 aromatic heterocycles. The third kappa shape index (κ3) is 3.68. The van der Waals surface area contributed by atoms with Crippen LogP contribution in [0.4, 0.5) is 0 Å². The van der Waals surface area contributed by atoms with Crippen LogP contribution < -0.4 is 4.74 Å². The van der Waals surface area contributed by atoms with E-state index >= 15 is 0 Å². The molecule has 0 saturated heterocycles. The third-order valence-electron chi connectivity index (χ3n) is 1.28. The summed E-state index contributed by atoms with van der Waals surface area (Å²) in [6.45, 7) is 5.89. The van der Waals surface area contributed by atoms with Crippen molar-refractivity contribution in [3.05, 3.63) is 22.7 Å². The molecule has 1 aromatic rings. The van der Waals surface area contributed by atoms with Crippen molar-refractivity contribution in [3.63, 3.8) is 0 Å². The van der Waals surface area contributed by atoms with Gasteiger partial charge in [-0.3, -0.25) is 0 Å². The average Bonchev–Trinajstić information content (AvgIpc) is 1.78. The minimum Gasteiger partial charge on any atom is -0.508 e. The Bertz CT molecular complexity index is 282. The topological polar surface area (TPSA) is 29.5 Å². The molecule has 0 aliphatic carbocycles. The Balaban J connectivity index is 2.90. The fraction of sp³-hybridized carbons (Fsp3) is 0.400. The number of phenolic OH excluding ortho intramolecular Hbond substituents is 1. The molecule has 0 fully saturated rings. The van der Waals surface area contributed by atoms with Crippen molar-refractivity contribution in [2.24, 2.45) is 0 Å². The molecule has 1 rings (SSSR count). The largest absolute Gasteiger partial charge is 0.508 e. The smallest absolute Gasteiger partial charge is 0.124 e. The zero-order chi connectivity index (χ0) is 10.1. The van der Waals surface area contributed by atoms with Crippen molar-refractivity contribution in [2.45, 2.75) is 26.4 Å². The maximum atomic E-state index is 9.28. The molecule has 0 amide bonds. The van der Waals surface area contributed by atoms with Crippen molar-refractivity contribution >= 4 is 15.9 Å². The van der Waals surface area contributed by atoms with Crippen molar-refractivity contribution in [1.29, 1.82) is 0 Å². The summed E-state index contributed by atoms with van der Waals surface area (Å²) in [5.74, 6) is 0.869. The van der Waals surface area contributed by atoms with E-state index in [1.165, 1.54) is 0 Å². The molecule has 72 valence electrons. The lowest BCUT2D eigenvalue weighted by molar-refractivity contribution is 0.130. The quantitative estimate of drug-likeness (QED) is 0.822. The first-order valence-electron chi connectivity index (χ1n) is 4.05. The number of phenols is 1. The van der Waals surface area contributed by atoms with Gasteiger partial charge >= 0.3 is 0 Å². The van der Waals surface area contributed by atoms with E-state index in [2.05, 4.69) is 15.9 Å². The normalized spacial score (nSPS) is 11.4. The van der Waals surface area contributed by atoms with E-state index in [1.807, 2.05) is 26.8 Å². The minimum absolute atomic E-state index is 0.202. The van der Waals surface area contributed by atoms with E-state index < -0.39 is 0 Å². The van der Waals surface area contributed by atoms with Crippen LogP contribution in [-0.4, -0.2) is 10.7 Å². The van der Waals surface area contributed by atoms with Crippen molar-refractivity contribution in [2.75, 3.05) is 0 Å². The Hall–Kier alpha value is -0.700. The molecule has 0 aliphatic heterocycles. The average molecular weight is 245 g/mol. The summed E-state index contributed by atoms with van der Waals surface area (Å²) in [7, 11) is 0. The first kappa shape index (κ1) is 10.4. The standard InChI is InChI=1S/C10H13BrO2/c1-10(2,3)13-9-5-7(11)4-8(12)6-9/h4-6,12H,1-3H3. The molecular weight excluding hydrogens is 232 g/mol. The van der Waals surface area contributed by atoms with Crippen LogP contribution in [0.1, 0.15) is 20.8 Å². The van der Waals surface area contributed by atoms with Gasteiger partial charge in [-0.25, -0.2) is 0 Å². The van der Waals surface area contributed by atoms with Gasteiger partial charge in [0.15, 0.2) is 0 Å². The Morgan fingerprint density at radius 2 is 1.85 bits per heavy atom. The molecule has 0 unspecified atom stereocenters. The third-order valence-corrected chi connectivity index (χ3v) is 1.74. The van der Waals surface area contributed by atoms with Crippen LogP contribution in [0, 0.1) is 0 Å². The fourth-order valence-corrected chi connectivity index (χ4v) is 1.42. The number of benzene rings is 1. The molecule has 0 radical (unpaired) electrons. The SMILES string of the molecule is CC(C)(C)Oc1cc(O)cc(Br)c1. The molecule has 13 heavy (non-hydrogen) atoms. The second-order valence-corrected chi connectivity index (χ2v) is 4.78. The highest BCUT2D eigenvalue weighted by molar-refractivity contribution is 9.10. The second kappa shape index (κ2) is 3.58. The summed E-state index contributed by atoms with van der Waals surface area (Å²) < 4.78 is 6.39. The molecule has 0 aliphatic rings. The number of hydrogen-bond donors (Lipinski definition) is 1. The van der Waals surface area contributed by atoms with Crippen LogP contribution >= 0.6 is 15.9 Å². The van der Waals surface area contributed by atoms with Gasteiger partial charge in [-0.2, -0.15) is 0 Å². The zero-order valence-corrected chi connectivity index (χ0v) is 9.55. The monoisotopic (exact) mass is 244 g/mol. The fourth-order valence-electron chi connectivity index (χ4n) is 0.960. The maximum Gasteiger partial charge on any atom is 0.124 e. The van der Waals surface area contributed by atoms with E-state index in [0.717, 1.165) is 4.47 Å². The van der Waals surface area contributed by atoms with Gasteiger partial charge < -0.3 is 9.84 Å². The Kier molecular flexibility index (Phi) is 2.86. The van der Waals surface area contributed by atoms with E-state index in [9.17, 15) is 5.11 Å². The van der Waals surface area contributed by atoms with E-state index in [1.54, 1.807) is 12.1 Å². The summed E-state index contributed by atoms with van der Waals surface area (Å²) in [5.41, 5.74) is -0.243. The lowest BCUT2D eigenvalue weighted by Gasteiger charge is -2.21. The number of halogens is 1. The molecule has 0 spiro atoms. The number of rotatable bonds is 1. The Morgan fingerprint density at radius 1 is 1.23 bits per heavy atom. The molecule has 2 nitrogen and oxygen atoms in total. The van der Waals surface area contributed by atoms with Crippen molar-refractivity contribution in [1.82, 2.24) is 0 Å². The first-order chi connectivity index (χ1) is 5.87. The summed E-state index contributed by atoms with van der Waals surface area (Å²) in [5, 5.41) is 9.28. The molecule has 1 aromatic carbocycles. The summed E-state index contributed by atoms with van der Waals surface area (Å²) in [6.07, 6.45) is 0. The summed E-state index contributed by atoms with van der Waals surface area (Å²) in [6, 6.07) is 5.04. The predicted molar refractivity (Wildman–Crippen MR) is 56.2 cm³/mol. The van der Waals surface area contributed by atoms with Crippen molar-refractivity contribution in [3.8, 4) is 11.5 Å². The summed E-state index contributed by atoms with van der Waals surface area (Å²) in [4.78, 5) is 0. The van der Waals surface area contributed by atoms with Crippen LogP contribution in [0.2, 0.25) is 0 Å². The first-order valence-corrected chi connectivity index (χ1v) is 4.85. The zero-order valence-electron chi connectivity index (χ0n) is 7.97. The van der Waals surface area contributed by atoms with E-state index in [0.29, 0.717) is 5.75 Å². The number of aromatic hydroxyl groups is 1. The van der Waals surface area contributed by atoms with Gasteiger partial charge in [-0.05, 0) is 32.9 Å². The van der Waals surface area contributed by atoms with E-state index in [-0.39, 0.29) is 11.4 Å². The van der Waals surface area contributed by atoms with Crippen LogP contribution in [0.15, 0.2) is 22.7 Å². The molecule has 3 heteroatoms. The molecule has 0 atom stereocenters. The highest BCUT2D eigenvalue weighted by atomic mass is 79.9. The maximum absolute atomic E-state index is 9.28. The molecular formula is C10H13BrO2. The lowest BCUT2D eigenvalue weighted by atomic mass is 10.2. The van der Waals surface area contributed by atoms with Crippen LogP contribution in [0.3, 0.4) is 0 Å². The molecule has 1 N–H and O–H groups in total. The van der Waals surface area contributed by atoms with Gasteiger partial charge in [0.1, 0.15) is 17.1 Å². The van der Waals surface area contributed by atoms with Gasteiger partial charge in [0.05, 0.1) is 0 Å². The minimum atomic E-state index is -0.243. The van der Waals surface area contributed by atoms with Crippen molar-refractivity contribution < 1.29 is 9.84 Å². The van der Waals surface area contributed by atoms with Gasteiger partial charge in [-0.15, -0.1) is 0 Å². The predicted octanol–water partition coefficient (Wildman–Crippen LogP) is 3.33. The highest BCUT2D eigenvalue weighted by Gasteiger charge is 2.12. The molecule has 0 heterocycles. The van der Waals surface area contributed by atoms with E-state index in [4.69, 9.17) is 4.74 Å². The molecule has 0 saturated carbocycles.